The Hall–Kier alpha value is -2.59. The van der Waals surface area contributed by atoms with Crippen molar-refractivity contribution in [2.45, 2.75) is 72.1 Å². The van der Waals surface area contributed by atoms with Gasteiger partial charge >= 0.3 is 0 Å². The number of allylic oxidation sites excluding steroid dienone is 5. The molecule has 3 heterocycles. The normalized spacial score (nSPS) is 18.3. The molecule has 35 heavy (non-hydrogen) atoms. The summed E-state index contributed by atoms with van der Waals surface area (Å²) in [6.45, 7) is 17.1. The lowest BCUT2D eigenvalue weighted by Gasteiger charge is -2.29. The standard InChI is InChI=1S/C27H36N2O.C4H9N/c1-6-9-23(16-20(5)19(4)7-2)27-24(8-3)25-17-22(10-11-26(25)28-27)21-12-14-29(18-30)15-13-21;1-2-4-5-3-1/h6,9-11,16-19,21,28H,1,7-8,12-15H2,2-5H3;5H,1-4H2/b20-16-,23-9+;. The molecule has 4 heteroatoms. The zero-order chi connectivity index (χ0) is 25.2. The Morgan fingerprint density at radius 2 is 1.91 bits per heavy atom. The summed E-state index contributed by atoms with van der Waals surface area (Å²) in [5.41, 5.74) is 7.78. The molecule has 1 amide bonds. The van der Waals surface area contributed by atoms with Gasteiger partial charge in [0.2, 0.25) is 6.41 Å². The summed E-state index contributed by atoms with van der Waals surface area (Å²) >= 11 is 0. The van der Waals surface area contributed by atoms with Gasteiger partial charge in [-0.2, -0.15) is 0 Å². The molecule has 1 aromatic heterocycles. The van der Waals surface area contributed by atoms with Crippen molar-refractivity contribution >= 4 is 22.9 Å². The van der Waals surface area contributed by atoms with E-state index in [0.717, 1.165) is 45.2 Å². The predicted molar refractivity (Wildman–Crippen MR) is 151 cm³/mol. The molecule has 2 fully saturated rings. The van der Waals surface area contributed by atoms with Crippen LogP contribution in [0.4, 0.5) is 0 Å². The highest BCUT2D eigenvalue weighted by Crippen LogP contribution is 2.34. The van der Waals surface area contributed by atoms with Crippen molar-refractivity contribution < 1.29 is 4.79 Å². The fourth-order valence-electron chi connectivity index (χ4n) is 5.14. The average Bonchev–Trinajstić information content (AvgIpc) is 3.59. The second kappa shape index (κ2) is 13.5. The lowest BCUT2D eigenvalue weighted by molar-refractivity contribution is -0.119. The van der Waals surface area contributed by atoms with E-state index in [0.29, 0.717) is 11.8 Å². The molecule has 0 aliphatic carbocycles. The maximum absolute atomic E-state index is 11.0. The molecule has 2 N–H and O–H groups in total. The Bertz CT molecular complexity index is 1030. The lowest BCUT2D eigenvalue weighted by Crippen LogP contribution is -2.31. The van der Waals surface area contributed by atoms with Crippen molar-refractivity contribution in [2.24, 2.45) is 5.92 Å². The number of nitrogens with one attached hydrogen (secondary N) is 2. The third kappa shape index (κ3) is 6.98. The second-order valence-electron chi connectivity index (χ2n) is 10.1. The third-order valence-corrected chi connectivity index (χ3v) is 7.75. The quantitative estimate of drug-likeness (QED) is 0.319. The summed E-state index contributed by atoms with van der Waals surface area (Å²) in [4.78, 5) is 16.6. The van der Waals surface area contributed by atoms with Crippen molar-refractivity contribution in [3.05, 3.63) is 65.4 Å². The highest BCUT2D eigenvalue weighted by atomic mass is 16.1. The van der Waals surface area contributed by atoms with E-state index in [-0.39, 0.29) is 0 Å². The lowest BCUT2D eigenvalue weighted by atomic mass is 9.88. The number of piperidine rings is 1. The van der Waals surface area contributed by atoms with Crippen LogP contribution in [-0.2, 0) is 11.2 Å². The molecule has 0 bridgehead atoms. The largest absolute Gasteiger partial charge is 0.354 e. The van der Waals surface area contributed by atoms with E-state index in [2.05, 4.69) is 74.9 Å². The average molecular weight is 476 g/mol. The highest BCUT2D eigenvalue weighted by molar-refractivity contribution is 5.92. The van der Waals surface area contributed by atoms with Crippen LogP contribution in [0.15, 0.2) is 48.6 Å². The minimum Gasteiger partial charge on any atom is -0.354 e. The Labute approximate surface area is 212 Å². The SMILES string of the molecule is C1CCNC1.C=C/C=C(\C=C(\C)C(C)CC)c1[nH]c2ccc(C3CCN(C=O)CC3)cc2c1CC. The van der Waals surface area contributed by atoms with Crippen LogP contribution in [0.3, 0.4) is 0 Å². The number of benzene rings is 1. The topological polar surface area (TPSA) is 48.1 Å². The van der Waals surface area contributed by atoms with Gasteiger partial charge in [0, 0.05) is 29.7 Å². The number of carbonyl (C=O) groups excluding carboxylic acids is 1. The van der Waals surface area contributed by atoms with Gasteiger partial charge in [-0.05, 0) is 99.2 Å². The summed E-state index contributed by atoms with van der Waals surface area (Å²) < 4.78 is 0. The van der Waals surface area contributed by atoms with Crippen molar-refractivity contribution in [1.29, 1.82) is 0 Å². The number of fused-ring (bicyclic) bond motifs is 1. The fraction of sp³-hybridized carbons (Fsp3) is 0.516. The molecule has 4 nitrogen and oxygen atoms in total. The number of aryl methyl sites for hydroxylation is 1. The minimum atomic E-state index is 0.532. The molecule has 2 aliphatic rings. The van der Waals surface area contributed by atoms with Gasteiger partial charge in [0.1, 0.15) is 0 Å². The van der Waals surface area contributed by atoms with E-state index in [9.17, 15) is 4.79 Å². The van der Waals surface area contributed by atoms with Crippen LogP contribution >= 0.6 is 0 Å². The zero-order valence-electron chi connectivity index (χ0n) is 22.3. The Morgan fingerprint density at radius 1 is 1.20 bits per heavy atom. The number of hydrogen-bond donors (Lipinski definition) is 2. The van der Waals surface area contributed by atoms with Gasteiger partial charge in [-0.25, -0.2) is 0 Å². The minimum absolute atomic E-state index is 0.532. The molecule has 1 unspecified atom stereocenters. The number of aromatic nitrogens is 1. The van der Waals surface area contributed by atoms with E-state index in [1.807, 2.05) is 11.0 Å². The van der Waals surface area contributed by atoms with E-state index in [4.69, 9.17) is 0 Å². The number of amides is 1. The predicted octanol–water partition coefficient (Wildman–Crippen LogP) is 7.00. The van der Waals surface area contributed by atoms with Gasteiger partial charge < -0.3 is 15.2 Å². The van der Waals surface area contributed by atoms with Gasteiger partial charge in [0.05, 0.1) is 0 Å². The molecule has 190 valence electrons. The van der Waals surface area contributed by atoms with Crippen LogP contribution in [0.2, 0.25) is 0 Å². The zero-order valence-corrected chi connectivity index (χ0v) is 22.3. The first-order chi connectivity index (χ1) is 17.0. The number of nitrogens with zero attached hydrogens (tertiary/aromatic N) is 1. The molecular weight excluding hydrogens is 430 g/mol. The summed E-state index contributed by atoms with van der Waals surface area (Å²) in [6.07, 6.45) is 14.3. The molecule has 1 atom stereocenters. The Balaban J connectivity index is 0.000000607. The summed E-state index contributed by atoms with van der Waals surface area (Å²) in [7, 11) is 0. The van der Waals surface area contributed by atoms with E-state index in [1.54, 1.807) is 0 Å². The number of aromatic amines is 1. The maximum atomic E-state index is 11.0. The van der Waals surface area contributed by atoms with Crippen LogP contribution in [0.25, 0.3) is 16.5 Å². The smallest absolute Gasteiger partial charge is 0.209 e. The van der Waals surface area contributed by atoms with Gasteiger partial charge in [-0.1, -0.05) is 57.2 Å². The highest BCUT2D eigenvalue weighted by Gasteiger charge is 2.21. The molecule has 1 aromatic carbocycles. The molecule has 2 saturated heterocycles. The van der Waals surface area contributed by atoms with E-state index >= 15 is 0 Å². The van der Waals surface area contributed by atoms with Gasteiger partial charge in [-0.15, -0.1) is 0 Å². The van der Waals surface area contributed by atoms with Crippen molar-refractivity contribution in [3.8, 4) is 0 Å². The molecule has 0 radical (unpaired) electrons. The molecule has 2 aromatic rings. The summed E-state index contributed by atoms with van der Waals surface area (Å²) in [5.74, 6) is 1.10. The Kier molecular flexibility index (Phi) is 10.4. The van der Waals surface area contributed by atoms with Crippen molar-refractivity contribution in [3.63, 3.8) is 0 Å². The molecular formula is C31H45N3O. The second-order valence-corrected chi connectivity index (χ2v) is 10.1. The number of carbonyl (C=O) groups is 1. The number of rotatable bonds is 8. The first-order valence-electron chi connectivity index (χ1n) is 13.6. The van der Waals surface area contributed by atoms with E-state index in [1.165, 1.54) is 64.8 Å². The van der Waals surface area contributed by atoms with Crippen molar-refractivity contribution in [2.75, 3.05) is 26.2 Å². The number of H-pyrrole nitrogens is 1. The first kappa shape index (κ1) is 27.0. The Morgan fingerprint density at radius 3 is 2.46 bits per heavy atom. The van der Waals surface area contributed by atoms with Crippen LogP contribution in [0, 0.1) is 5.92 Å². The molecule has 4 rings (SSSR count). The summed E-state index contributed by atoms with van der Waals surface area (Å²) in [5, 5.41) is 4.55. The molecule has 2 aliphatic heterocycles. The van der Waals surface area contributed by atoms with Crippen LogP contribution in [0.1, 0.15) is 82.5 Å². The van der Waals surface area contributed by atoms with Gasteiger partial charge in [0.25, 0.3) is 0 Å². The number of likely N-dealkylation sites (tertiary alicyclic amines) is 1. The first-order valence-corrected chi connectivity index (χ1v) is 13.6. The van der Waals surface area contributed by atoms with Crippen LogP contribution in [0.5, 0.6) is 0 Å². The van der Waals surface area contributed by atoms with Crippen LogP contribution in [-0.4, -0.2) is 42.5 Å². The van der Waals surface area contributed by atoms with Gasteiger partial charge in [-0.3, -0.25) is 4.79 Å². The van der Waals surface area contributed by atoms with Crippen LogP contribution < -0.4 is 5.32 Å². The van der Waals surface area contributed by atoms with Crippen molar-refractivity contribution in [1.82, 2.24) is 15.2 Å². The van der Waals surface area contributed by atoms with Gasteiger partial charge in [0.15, 0.2) is 0 Å². The summed E-state index contributed by atoms with van der Waals surface area (Å²) in [6, 6.07) is 6.88. The number of hydrogen-bond acceptors (Lipinski definition) is 2. The molecule has 0 saturated carbocycles. The molecule has 0 spiro atoms. The maximum Gasteiger partial charge on any atom is 0.209 e. The monoisotopic (exact) mass is 475 g/mol. The third-order valence-electron chi connectivity index (χ3n) is 7.75. The van der Waals surface area contributed by atoms with E-state index < -0.39 is 0 Å². The fourth-order valence-corrected chi connectivity index (χ4v) is 5.14.